The van der Waals surface area contributed by atoms with Crippen molar-refractivity contribution in [2.45, 2.75) is 26.3 Å². The van der Waals surface area contributed by atoms with Crippen molar-refractivity contribution in [3.05, 3.63) is 52.4 Å². The average Bonchev–Trinajstić information content (AvgIpc) is 2.87. The number of carboxylic acid groups (broad SMARTS) is 1. The van der Waals surface area contributed by atoms with E-state index in [1.807, 2.05) is 43.3 Å². The molecule has 2 N–H and O–H groups in total. The number of hydrogen-bond acceptors (Lipinski definition) is 5. The number of hydrogen-bond donors (Lipinski definition) is 2. The first kappa shape index (κ1) is 20.9. The largest absolute Gasteiger partial charge is 0.480 e. The monoisotopic (exact) mass is 404 g/mol. The van der Waals surface area contributed by atoms with E-state index in [2.05, 4.69) is 5.32 Å². The van der Waals surface area contributed by atoms with Crippen molar-refractivity contribution >= 4 is 52.2 Å². The maximum atomic E-state index is 12.5. The predicted molar refractivity (Wildman–Crippen MR) is 110 cm³/mol. The summed E-state index contributed by atoms with van der Waals surface area (Å²) in [6, 6.07) is 8.78. The molecule has 1 aliphatic heterocycles. The van der Waals surface area contributed by atoms with E-state index < -0.39 is 17.9 Å². The molecule has 142 valence electrons. The SMILES string of the molecule is CC(=Cc1ccccc1)C=C1SC(=S)N(CCC(=O)NC(C)C(=O)O)C1=O. The Morgan fingerprint density at radius 3 is 2.63 bits per heavy atom. The highest BCUT2D eigenvalue weighted by Gasteiger charge is 2.32. The third kappa shape index (κ3) is 6.04. The van der Waals surface area contributed by atoms with Gasteiger partial charge in [0.25, 0.3) is 5.91 Å². The van der Waals surface area contributed by atoms with Crippen LogP contribution in [0.5, 0.6) is 0 Å². The van der Waals surface area contributed by atoms with E-state index in [4.69, 9.17) is 17.3 Å². The second-order valence-electron chi connectivity index (χ2n) is 6.01. The Kier molecular flexibility index (Phi) is 7.32. The number of carboxylic acids is 1. The molecular formula is C19H20N2O4S2. The Morgan fingerprint density at radius 2 is 2.00 bits per heavy atom. The molecule has 0 aliphatic carbocycles. The molecule has 0 bridgehead atoms. The highest BCUT2D eigenvalue weighted by molar-refractivity contribution is 8.26. The van der Waals surface area contributed by atoms with Gasteiger partial charge in [0.15, 0.2) is 0 Å². The summed E-state index contributed by atoms with van der Waals surface area (Å²) in [4.78, 5) is 37.0. The van der Waals surface area contributed by atoms with Crippen LogP contribution < -0.4 is 5.32 Å². The zero-order valence-corrected chi connectivity index (χ0v) is 16.6. The minimum absolute atomic E-state index is 0.0177. The fourth-order valence-electron chi connectivity index (χ4n) is 2.34. The first-order valence-corrected chi connectivity index (χ1v) is 9.51. The Hall–Kier alpha value is -2.45. The third-order valence-electron chi connectivity index (χ3n) is 3.74. The summed E-state index contributed by atoms with van der Waals surface area (Å²) in [7, 11) is 0. The van der Waals surface area contributed by atoms with E-state index >= 15 is 0 Å². The lowest BCUT2D eigenvalue weighted by Gasteiger charge is -2.15. The topological polar surface area (TPSA) is 86.7 Å². The van der Waals surface area contributed by atoms with Crippen molar-refractivity contribution in [2.24, 2.45) is 0 Å². The quantitative estimate of drug-likeness (QED) is 0.537. The Bertz CT molecular complexity index is 818. The fourth-order valence-corrected chi connectivity index (χ4v) is 3.70. The van der Waals surface area contributed by atoms with Gasteiger partial charge in [0.05, 0.1) is 4.91 Å². The molecule has 1 saturated heterocycles. The number of amides is 2. The van der Waals surface area contributed by atoms with E-state index in [-0.39, 0.29) is 18.9 Å². The number of nitrogens with one attached hydrogen (secondary N) is 1. The van der Waals surface area contributed by atoms with Crippen molar-refractivity contribution < 1.29 is 19.5 Å². The van der Waals surface area contributed by atoms with Crippen molar-refractivity contribution in [1.29, 1.82) is 0 Å². The number of thioether (sulfide) groups is 1. The smallest absolute Gasteiger partial charge is 0.325 e. The summed E-state index contributed by atoms with van der Waals surface area (Å²) in [5.74, 6) is -1.80. The number of thiocarbonyl (C=S) groups is 1. The normalized spacial score (nSPS) is 17.3. The van der Waals surface area contributed by atoms with Crippen LogP contribution in [0.3, 0.4) is 0 Å². The molecule has 6 nitrogen and oxygen atoms in total. The Balaban J connectivity index is 1.99. The van der Waals surface area contributed by atoms with Crippen molar-refractivity contribution in [2.75, 3.05) is 6.54 Å². The summed E-state index contributed by atoms with van der Waals surface area (Å²) in [5, 5.41) is 11.2. The van der Waals surface area contributed by atoms with Crippen LogP contribution in [0.15, 0.2) is 46.9 Å². The fraction of sp³-hybridized carbons (Fsp3) is 0.263. The van der Waals surface area contributed by atoms with Crippen molar-refractivity contribution in [1.82, 2.24) is 10.2 Å². The minimum atomic E-state index is -1.11. The number of aliphatic carboxylic acids is 1. The molecule has 2 amide bonds. The van der Waals surface area contributed by atoms with Gasteiger partial charge in [0, 0.05) is 13.0 Å². The molecule has 2 rings (SSSR count). The zero-order valence-electron chi connectivity index (χ0n) is 15.0. The Labute approximate surface area is 167 Å². The number of nitrogens with zero attached hydrogens (tertiary/aromatic N) is 1. The molecule has 1 atom stereocenters. The molecule has 0 spiro atoms. The van der Waals surface area contributed by atoms with Crippen LogP contribution in [0.1, 0.15) is 25.8 Å². The van der Waals surface area contributed by atoms with Crippen LogP contribution >= 0.6 is 24.0 Å². The van der Waals surface area contributed by atoms with Crippen LogP contribution in [0.2, 0.25) is 0 Å². The Morgan fingerprint density at radius 1 is 1.33 bits per heavy atom. The van der Waals surface area contributed by atoms with E-state index in [1.54, 1.807) is 6.08 Å². The van der Waals surface area contributed by atoms with Gasteiger partial charge in [-0.15, -0.1) is 0 Å². The van der Waals surface area contributed by atoms with Crippen LogP contribution in [-0.2, 0) is 14.4 Å². The van der Waals surface area contributed by atoms with Gasteiger partial charge >= 0.3 is 5.97 Å². The first-order valence-electron chi connectivity index (χ1n) is 8.29. The molecule has 1 heterocycles. The molecule has 1 aromatic carbocycles. The van der Waals surface area contributed by atoms with Crippen LogP contribution in [0.25, 0.3) is 6.08 Å². The van der Waals surface area contributed by atoms with Gasteiger partial charge in [-0.2, -0.15) is 0 Å². The molecule has 8 heteroatoms. The molecule has 1 unspecified atom stereocenters. The maximum Gasteiger partial charge on any atom is 0.325 e. The van der Waals surface area contributed by atoms with Gasteiger partial charge in [-0.1, -0.05) is 60.4 Å². The van der Waals surface area contributed by atoms with Gasteiger partial charge < -0.3 is 10.4 Å². The first-order chi connectivity index (χ1) is 12.8. The zero-order chi connectivity index (χ0) is 20.0. The van der Waals surface area contributed by atoms with Crippen LogP contribution in [0.4, 0.5) is 0 Å². The molecule has 1 aromatic rings. The molecule has 1 fully saturated rings. The van der Waals surface area contributed by atoms with Gasteiger partial charge in [-0.3, -0.25) is 19.3 Å². The van der Waals surface area contributed by atoms with Gasteiger partial charge in [-0.05, 0) is 31.1 Å². The minimum Gasteiger partial charge on any atom is -0.480 e. The molecular weight excluding hydrogens is 384 g/mol. The summed E-state index contributed by atoms with van der Waals surface area (Å²) in [5.41, 5.74) is 1.95. The number of benzene rings is 1. The van der Waals surface area contributed by atoms with Gasteiger partial charge in [0.1, 0.15) is 10.4 Å². The predicted octanol–water partition coefficient (Wildman–Crippen LogP) is 2.81. The lowest BCUT2D eigenvalue weighted by molar-refractivity contribution is -0.141. The van der Waals surface area contributed by atoms with Gasteiger partial charge in [0.2, 0.25) is 5.91 Å². The number of carbonyl (C=O) groups excluding carboxylic acids is 2. The molecule has 1 aliphatic rings. The van der Waals surface area contributed by atoms with E-state index in [0.717, 1.165) is 11.1 Å². The maximum absolute atomic E-state index is 12.5. The van der Waals surface area contributed by atoms with Crippen molar-refractivity contribution in [3.63, 3.8) is 0 Å². The van der Waals surface area contributed by atoms with Crippen LogP contribution in [-0.4, -0.2) is 44.7 Å². The summed E-state index contributed by atoms with van der Waals surface area (Å²) < 4.78 is 0.387. The van der Waals surface area contributed by atoms with Crippen molar-refractivity contribution in [3.8, 4) is 0 Å². The third-order valence-corrected chi connectivity index (χ3v) is 5.11. The van der Waals surface area contributed by atoms with E-state index in [9.17, 15) is 14.4 Å². The molecule has 0 radical (unpaired) electrons. The van der Waals surface area contributed by atoms with Crippen LogP contribution in [0, 0.1) is 0 Å². The number of allylic oxidation sites excluding steroid dienone is 2. The summed E-state index contributed by atoms with van der Waals surface area (Å²) >= 11 is 6.43. The molecule has 0 aromatic heterocycles. The number of carbonyl (C=O) groups is 3. The second-order valence-corrected chi connectivity index (χ2v) is 7.69. The second kappa shape index (κ2) is 9.48. The van der Waals surface area contributed by atoms with E-state index in [0.29, 0.717) is 9.23 Å². The lowest BCUT2D eigenvalue weighted by atomic mass is 10.1. The number of rotatable bonds is 7. The lowest BCUT2D eigenvalue weighted by Crippen LogP contribution is -2.40. The average molecular weight is 405 g/mol. The molecule has 0 saturated carbocycles. The van der Waals surface area contributed by atoms with E-state index in [1.165, 1.54) is 23.6 Å². The highest BCUT2D eigenvalue weighted by Crippen LogP contribution is 2.32. The standard InChI is InChI=1S/C19H20N2O4S2/c1-12(10-14-6-4-3-5-7-14)11-15-17(23)21(19(26)27-15)9-8-16(22)20-13(2)18(24)25/h3-7,10-11,13H,8-9H2,1-2H3,(H,20,22)(H,24,25). The van der Waals surface area contributed by atoms with Gasteiger partial charge in [-0.25, -0.2) is 0 Å². The summed E-state index contributed by atoms with van der Waals surface area (Å²) in [6.45, 7) is 3.40. The molecule has 27 heavy (non-hydrogen) atoms. The summed E-state index contributed by atoms with van der Waals surface area (Å²) in [6.07, 6.45) is 3.72. The highest BCUT2D eigenvalue weighted by atomic mass is 32.2.